The van der Waals surface area contributed by atoms with Gasteiger partial charge in [0.2, 0.25) is 0 Å². The lowest BCUT2D eigenvalue weighted by Gasteiger charge is -2.10. The number of rotatable bonds is 4. The van der Waals surface area contributed by atoms with Gasteiger partial charge >= 0.3 is 0 Å². The van der Waals surface area contributed by atoms with Crippen molar-refractivity contribution in [3.63, 3.8) is 0 Å². The molecule has 1 amide bonds. The topological polar surface area (TPSA) is 93.1 Å². The van der Waals surface area contributed by atoms with Crippen molar-refractivity contribution in [1.29, 1.82) is 0 Å². The Hall–Kier alpha value is -3.39. The molecule has 0 unspecified atom stereocenters. The van der Waals surface area contributed by atoms with E-state index in [0.29, 0.717) is 28.3 Å². The SMILES string of the molecule is Cc1ccc(S(=O)(=O)Nc2ccc3c(c2)/C(=C\c2nccn2C)C(=O)N3)cc1. The van der Waals surface area contributed by atoms with Gasteiger partial charge in [-0.3, -0.25) is 9.52 Å². The average molecular weight is 394 g/mol. The van der Waals surface area contributed by atoms with E-state index in [1.807, 2.05) is 14.0 Å². The number of anilines is 2. The van der Waals surface area contributed by atoms with E-state index in [9.17, 15) is 13.2 Å². The van der Waals surface area contributed by atoms with Crippen molar-refractivity contribution >= 4 is 39.0 Å². The van der Waals surface area contributed by atoms with Gasteiger partial charge in [0.05, 0.1) is 10.5 Å². The fourth-order valence-corrected chi connectivity index (χ4v) is 4.02. The molecule has 142 valence electrons. The lowest BCUT2D eigenvalue weighted by molar-refractivity contribution is -0.110. The van der Waals surface area contributed by atoms with Crippen LogP contribution in [0.3, 0.4) is 0 Å². The monoisotopic (exact) mass is 394 g/mol. The summed E-state index contributed by atoms with van der Waals surface area (Å²) in [5.74, 6) is 0.375. The van der Waals surface area contributed by atoms with E-state index < -0.39 is 10.0 Å². The lowest BCUT2D eigenvalue weighted by atomic mass is 10.1. The molecule has 0 fully saturated rings. The van der Waals surface area contributed by atoms with E-state index in [2.05, 4.69) is 15.0 Å². The Morgan fingerprint density at radius 3 is 2.57 bits per heavy atom. The maximum Gasteiger partial charge on any atom is 0.261 e. The number of nitrogens with zero attached hydrogens (tertiary/aromatic N) is 2. The molecule has 1 aliphatic rings. The minimum Gasteiger partial charge on any atom is -0.335 e. The van der Waals surface area contributed by atoms with E-state index in [4.69, 9.17) is 0 Å². The third-order valence-electron chi connectivity index (χ3n) is 4.52. The van der Waals surface area contributed by atoms with Gasteiger partial charge in [-0.1, -0.05) is 17.7 Å². The third kappa shape index (κ3) is 3.29. The highest BCUT2D eigenvalue weighted by Crippen LogP contribution is 2.35. The molecule has 0 radical (unpaired) electrons. The zero-order valence-electron chi connectivity index (χ0n) is 15.3. The second-order valence-electron chi connectivity index (χ2n) is 6.59. The normalized spacial score (nSPS) is 14.8. The van der Waals surface area contributed by atoms with Crippen LogP contribution in [0.15, 0.2) is 59.8 Å². The Morgan fingerprint density at radius 1 is 1.14 bits per heavy atom. The van der Waals surface area contributed by atoms with E-state index in [-0.39, 0.29) is 10.8 Å². The first kappa shape index (κ1) is 18.0. The molecule has 2 aromatic carbocycles. The smallest absolute Gasteiger partial charge is 0.261 e. The van der Waals surface area contributed by atoms with Crippen molar-refractivity contribution in [1.82, 2.24) is 9.55 Å². The third-order valence-corrected chi connectivity index (χ3v) is 5.92. The lowest BCUT2D eigenvalue weighted by Crippen LogP contribution is -2.13. The predicted molar refractivity (Wildman–Crippen MR) is 108 cm³/mol. The van der Waals surface area contributed by atoms with Crippen LogP contribution in [0.25, 0.3) is 11.6 Å². The van der Waals surface area contributed by atoms with Gasteiger partial charge in [-0.15, -0.1) is 0 Å². The molecule has 2 N–H and O–H groups in total. The van der Waals surface area contributed by atoms with Gasteiger partial charge in [-0.05, 0) is 43.3 Å². The molecule has 0 bridgehead atoms. The molecule has 0 saturated carbocycles. The van der Waals surface area contributed by atoms with Gasteiger partial charge in [0.25, 0.3) is 15.9 Å². The maximum atomic E-state index is 12.6. The summed E-state index contributed by atoms with van der Waals surface area (Å²) in [4.78, 5) is 16.8. The molecule has 0 spiro atoms. The Kier molecular flexibility index (Phi) is 4.27. The van der Waals surface area contributed by atoms with Gasteiger partial charge in [0.1, 0.15) is 5.82 Å². The summed E-state index contributed by atoms with van der Waals surface area (Å²) in [6.45, 7) is 1.89. The minimum absolute atomic E-state index is 0.177. The first-order valence-corrected chi connectivity index (χ1v) is 10.1. The van der Waals surface area contributed by atoms with E-state index in [1.165, 1.54) is 0 Å². The van der Waals surface area contributed by atoms with Gasteiger partial charge in [-0.2, -0.15) is 0 Å². The number of carbonyl (C=O) groups excluding carboxylic acids is 1. The molecule has 28 heavy (non-hydrogen) atoms. The number of carbonyl (C=O) groups is 1. The number of sulfonamides is 1. The number of benzene rings is 2. The quantitative estimate of drug-likeness (QED) is 0.665. The fraction of sp³-hybridized carbons (Fsp3) is 0.100. The molecule has 1 aromatic heterocycles. The van der Waals surface area contributed by atoms with Crippen molar-refractivity contribution in [3.8, 4) is 0 Å². The van der Waals surface area contributed by atoms with E-state index in [0.717, 1.165) is 5.56 Å². The highest BCUT2D eigenvalue weighted by atomic mass is 32.2. The number of imidazole rings is 1. The number of fused-ring (bicyclic) bond motifs is 1. The Morgan fingerprint density at radius 2 is 1.89 bits per heavy atom. The van der Waals surface area contributed by atoms with Crippen LogP contribution in [0.5, 0.6) is 0 Å². The number of nitrogens with one attached hydrogen (secondary N) is 2. The Labute approximate surface area is 162 Å². The van der Waals surface area contributed by atoms with Crippen molar-refractivity contribution in [2.75, 3.05) is 10.0 Å². The molecule has 0 aliphatic carbocycles. The van der Waals surface area contributed by atoms with Gasteiger partial charge in [-0.25, -0.2) is 13.4 Å². The van der Waals surface area contributed by atoms with E-state index >= 15 is 0 Å². The van der Waals surface area contributed by atoms with Crippen LogP contribution in [0.2, 0.25) is 0 Å². The van der Waals surface area contributed by atoms with Crippen LogP contribution < -0.4 is 10.0 Å². The summed E-state index contributed by atoms with van der Waals surface area (Å²) in [5, 5.41) is 2.79. The zero-order chi connectivity index (χ0) is 19.9. The highest BCUT2D eigenvalue weighted by Gasteiger charge is 2.25. The number of aromatic nitrogens is 2. The summed E-state index contributed by atoms with van der Waals surface area (Å²) in [6, 6.07) is 11.5. The average Bonchev–Trinajstić information content (AvgIpc) is 3.19. The van der Waals surface area contributed by atoms with Crippen molar-refractivity contribution in [2.24, 2.45) is 7.05 Å². The zero-order valence-corrected chi connectivity index (χ0v) is 16.1. The number of amides is 1. The molecular formula is C20H18N4O3S. The van der Waals surface area contributed by atoms with Crippen molar-refractivity contribution < 1.29 is 13.2 Å². The molecule has 0 atom stereocenters. The summed E-state index contributed by atoms with van der Waals surface area (Å²) in [5.41, 5.74) is 3.04. The van der Waals surface area contributed by atoms with Gasteiger partial charge in [0, 0.05) is 36.4 Å². The van der Waals surface area contributed by atoms with Gasteiger partial charge < -0.3 is 9.88 Å². The first-order chi connectivity index (χ1) is 13.3. The highest BCUT2D eigenvalue weighted by molar-refractivity contribution is 7.92. The van der Waals surface area contributed by atoms with Crippen LogP contribution in [0.4, 0.5) is 11.4 Å². The Bertz CT molecular complexity index is 1210. The van der Waals surface area contributed by atoms with Crippen LogP contribution in [-0.2, 0) is 21.9 Å². The molecule has 3 aromatic rings. The van der Waals surface area contributed by atoms with Crippen LogP contribution in [-0.4, -0.2) is 23.9 Å². The maximum absolute atomic E-state index is 12.6. The predicted octanol–water partition coefficient (Wildman–Crippen LogP) is 3.02. The molecular weight excluding hydrogens is 376 g/mol. The molecule has 7 nitrogen and oxygen atoms in total. The summed E-state index contributed by atoms with van der Waals surface area (Å²) in [7, 11) is -1.89. The second kappa shape index (κ2) is 6.65. The molecule has 2 heterocycles. The molecule has 0 saturated heterocycles. The fourth-order valence-electron chi connectivity index (χ4n) is 2.97. The summed E-state index contributed by atoms with van der Waals surface area (Å²) in [6.07, 6.45) is 5.11. The number of aryl methyl sites for hydroxylation is 2. The van der Waals surface area contributed by atoms with Crippen LogP contribution in [0, 0.1) is 6.92 Å². The van der Waals surface area contributed by atoms with E-state index in [1.54, 1.807) is 65.5 Å². The number of hydrogen-bond donors (Lipinski definition) is 2. The van der Waals surface area contributed by atoms with Crippen LogP contribution >= 0.6 is 0 Å². The van der Waals surface area contributed by atoms with Gasteiger partial charge in [0.15, 0.2) is 0 Å². The van der Waals surface area contributed by atoms with Crippen molar-refractivity contribution in [2.45, 2.75) is 11.8 Å². The molecule has 8 heteroatoms. The molecule has 1 aliphatic heterocycles. The standard InChI is InChI=1S/C20H18N4O3S/c1-13-3-6-15(7-4-13)28(26,27)23-14-5-8-18-16(11-14)17(20(25)22-18)12-19-21-9-10-24(19)2/h3-12,23H,1-2H3,(H,22,25)/b17-12+. The Balaban J connectivity index is 1.69. The minimum atomic E-state index is -3.73. The second-order valence-corrected chi connectivity index (χ2v) is 8.27. The summed E-state index contributed by atoms with van der Waals surface area (Å²) >= 11 is 0. The molecule has 4 rings (SSSR count). The van der Waals surface area contributed by atoms with Crippen LogP contribution in [0.1, 0.15) is 17.0 Å². The van der Waals surface area contributed by atoms with Crippen molar-refractivity contribution in [3.05, 3.63) is 71.8 Å². The first-order valence-electron chi connectivity index (χ1n) is 8.58. The largest absolute Gasteiger partial charge is 0.335 e. The number of hydrogen-bond acceptors (Lipinski definition) is 4. The summed E-state index contributed by atoms with van der Waals surface area (Å²) < 4.78 is 29.6.